The lowest BCUT2D eigenvalue weighted by atomic mass is 10.2. The molecule has 1 saturated carbocycles. The third kappa shape index (κ3) is 5.38. The third-order valence-corrected chi connectivity index (χ3v) is 4.96. The van der Waals surface area contributed by atoms with E-state index in [2.05, 4.69) is 10.6 Å². The van der Waals surface area contributed by atoms with E-state index in [0.29, 0.717) is 12.1 Å². The Bertz CT molecular complexity index is 625. The molecule has 1 aromatic rings. The highest BCUT2D eigenvalue weighted by molar-refractivity contribution is 7.99. The predicted molar refractivity (Wildman–Crippen MR) is 95.4 cm³/mol. The van der Waals surface area contributed by atoms with Gasteiger partial charge in [0.1, 0.15) is 12.2 Å². The Hall–Kier alpha value is -2.22. The van der Waals surface area contributed by atoms with Crippen LogP contribution in [0.15, 0.2) is 30.3 Å². The maximum atomic E-state index is 12.2. The van der Waals surface area contributed by atoms with Crippen molar-refractivity contribution in [2.45, 2.75) is 43.8 Å². The van der Waals surface area contributed by atoms with Crippen molar-refractivity contribution in [3.05, 3.63) is 30.3 Å². The molecule has 2 N–H and O–H groups in total. The molecule has 2 rings (SSSR count). The minimum atomic E-state index is -0.616. The van der Waals surface area contributed by atoms with E-state index in [1.54, 1.807) is 24.3 Å². The smallest absolute Gasteiger partial charge is 0.411 e. The molecule has 7 nitrogen and oxygen atoms in total. The standard InChI is InChI=1S/C17H22N2O5S/c1-10(20)18-15-13(9-14(16(15)25-3)23-11(2)21)24-17(22)19-12-7-5-4-6-8-12/h4-8,13-16H,9H2,1-3H3,(H,18,20)(H,19,22)/t13-,14+,15-,16-/m0/s1. The molecule has 0 saturated heterocycles. The highest BCUT2D eigenvalue weighted by atomic mass is 32.2. The van der Waals surface area contributed by atoms with E-state index in [0.717, 1.165) is 0 Å². The van der Waals surface area contributed by atoms with Gasteiger partial charge in [-0.05, 0) is 18.4 Å². The summed E-state index contributed by atoms with van der Waals surface area (Å²) in [6.07, 6.45) is 0.559. The molecule has 2 amide bonds. The molecule has 1 aromatic carbocycles. The van der Waals surface area contributed by atoms with Gasteiger partial charge >= 0.3 is 12.1 Å². The number of thioether (sulfide) groups is 1. The van der Waals surface area contributed by atoms with Crippen LogP contribution in [0.25, 0.3) is 0 Å². The van der Waals surface area contributed by atoms with Gasteiger partial charge in [-0.25, -0.2) is 4.79 Å². The first kappa shape index (κ1) is 19.1. The fraction of sp³-hybridized carbons (Fsp3) is 0.471. The first-order chi connectivity index (χ1) is 11.9. The van der Waals surface area contributed by atoms with Gasteiger partial charge in [0.25, 0.3) is 0 Å². The van der Waals surface area contributed by atoms with E-state index in [-0.39, 0.29) is 11.2 Å². The zero-order valence-electron chi connectivity index (χ0n) is 14.4. The molecule has 25 heavy (non-hydrogen) atoms. The lowest BCUT2D eigenvalue weighted by Crippen LogP contribution is -2.47. The Morgan fingerprint density at radius 3 is 2.32 bits per heavy atom. The molecule has 0 aromatic heterocycles. The fourth-order valence-electron chi connectivity index (χ4n) is 2.92. The number of anilines is 1. The summed E-state index contributed by atoms with van der Waals surface area (Å²) in [7, 11) is 0. The van der Waals surface area contributed by atoms with Crippen LogP contribution < -0.4 is 10.6 Å². The maximum Gasteiger partial charge on any atom is 0.411 e. The summed E-state index contributed by atoms with van der Waals surface area (Å²) < 4.78 is 10.8. The Labute approximate surface area is 150 Å². The molecule has 8 heteroatoms. The second-order valence-corrected chi connectivity index (χ2v) is 6.76. The number of rotatable bonds is 5. The van der Waals surface area contributed by atoms with Gasteiger partial charge in [0.15, 0.2) is 0 Å². The molecule has 1 fully saturated rings. The van der Waals surface area contributed by atoms with Gasteiger partial charge in [-0.2, -0.15) is 11.8 Å². The zero-order chi connectivity index (χ0) is 18.4. The molecule has 0 spiro atoms. The van der Waals surface area contributed by atoms with E-state index in [4.69, 9.17) is 9.47 Å². The van der Waals surface area contributed by atoms with Crippen LogP contribution in [0.2, 0.25) is 0 Å². The number of carbonyl (C=O) groups is 3. The normalized spacial score (nSPS) is 25.1. The highest BCUT2D eigenvalue weighted by Gasteiger charge is 2.47. The van der Waals surface area contributed by atoms with E-state index >= 15 is 0 Å². The van der Waals surface area contributed by atoms with Crippen LogP contribution in [0.5, 0.6) is 0 Å². The fourth-order valence-corrected chi connectivity index (χ4v) is 3.92. The number of para-hydroxylation sites is 1. The number of hydrogen-bond acceptors (Lipinski definition) is 6. The van der Waals surface area contributed by atoms with Crippen LogP contribution in [0.3, 0.4) is 0 Å². The minimum absolute atomic E-state index is 0.192. The number of hydrogen-bond donors (Lipinski definition) is 2. The molecule has 4 atom stereocenters. The summed E-state index contributed by atoms with van der Waals surface area (Å²) in [5, 5.41) is 5.26. The first-order valence-corrected chi connectivity index (χ1v) is 9.19. The predicted octanol–water partition coefficient (Wildman–Crippen LogP) is 2.18. The lowest BCUT2D eigenvalue weighted by molar-refractivity contribution is -0.145. The van der Waals surface area contributed by atoms with Crippen LogP contribution in [-0.4, -0.2) is 47.7 Å². The van der Waals surface area contributed by atoms with Crippen molar-refractivity contribution >= 4 is 35.4 Å². The molecule has 1 aliphatic carbocycles. The quantitative estimate of drug-likeness (QED) is 0.776. The number of amides is 2. The van der Waals surface area contributed by atoms with Crippen molar-refractivity contribution in [3.63, 3.8) is 0 Å². The Morgan fingerprint density at radius 1 is 1.08 bits per heavy atom. The van der Waals surface area contributed by atoms with Gasteiger partial charge in [0.2, 0.25) is 5.91 Å². The first-order valence-electron chi connectivity index (χ1n) is 7.90. The molecule has 136 valence electrons. The van der Waals surface area contributed by atoms with Gasteiger partial charge in [0, 0.05) is 26.0 Å². The van der Waals surface area contributed by atoms with E-state index in [1.165, 1.54) is 25.6 Å². The third-order valence-electron chi connectivity index (χ3n) is 3.82. The molecular weight excluding hydrogens is 344 g/mol. The van der Waals surface area contributed by atoms with Crippen LogP contribution in [-0.2, 0) is 19.1 Å². The lowest BCUT2D eigenvalue weighted by Gasteiger charge is -2.25. The Kier molecular flexibility index (Phi) is 6.69. The average Bonchev–Trinajstić information content (AvgIpc) is 2.83. The molecule has 0 radical (unpaired) electrons. The number of esters is 1. The molecule has 0 bridgehead atoms. The second kappa shape index (κ2) is 8.75. The summed E-state index contributed by atoms with van der Waals surface area (Å²) in [5.74, 6) is -0.635. The largest absolute Gasteiger partial charge is 0.461 e. The maximum absolute atomic E-state index is 12.2. The van der Waals surface area contributed by atoms with Crippen molar-refractivity contribution in [2.75, 3.05) is 11.6 Å². The van der Waals surface area contributed by atoms with Crippen molar-refractivity contribution < 1.29 is 23.9 Å². The molecule has 0 heterocycles. The van der Waals surface area contributed by atoms with Gasteiger partial charge < -0.3 is 14.8 Å². The van der Waals surface area contributed by atoms with Gasteiger partial charge in [-0.15, -0.1) is 0 Å². The van der Waals surface area contributed by atoms with Crippen molar-refractivity contribution in [1.82, 2.24) is 5.32 Å². The molecule has 0 aliphatic heterocycles. The SMILES string of the molecule is CS[C@@H]1[C@@H](NC(C)=O)[C@@H](OC(=O)Nc2ccccc2)C[C@H]1OC(C)=O. The second-order valence-electron chi connectivity index (χ2n) is 5.74. The van der Waals surface area contributed by atoms with Gasteiger partial charge in [-0.1, -0.05) is 18.2 Å². The zero-order valence-corrected chi connectivity index (χ0v) is 15.2. The summed E-state index contributed by atoms with van der Waals surface area (Å²) in [4.78, 5) is 35.0. The topological polar surface area (TPSA) is 93.7 Å². The van der Waals surface area contributed by atoms with E-state index in [1.807, 2.05) is 12.3 Å². The van der Waals surface area contributed by atoms with Gasteiger partial charge in [-0.3, -0.25) is 14.9 Å². The number of carbonyl (C=O) groups excluding carboxylic acids is 3. The number of benzene rings is 1. The molecule has 1 aliphatic rings. The number of ether oxygens (including phenoxy) is 2. The molecular formula is C17H22N2O5S. The highest BCUT2D eigenvalue weighted by Crippen LogP contribution is 2.34. The van der Waals surface area contributed by atoms with Crippen LogP contribution in [0.1, 0.15) is 20.3 Å². The average molecular weight is 366 g/mol. The van der Waals surface area contributed by atoms with Crippen molar-refractivity contribution in [2.24, 2.45) is 0 Å². The van der Waals surface area contributed by atoms with E-state index < -0.39 is 30.3 Å². The monoisotopic (exact) mass is 366 g/mol. The minimum Gasteiger partial charge on any atom is -0.461 e. The van der Waals surface area contributed by atoms with Crippen molar-refractivity contribution in [1.29, 1.82) is 0 Å². The summed E-state index contributed by atoms with van der Waals surface area (Å²) >= 11 is 1.46. The Balaban J connectivity index is 2.08. The number of nitrogens with one attached hydrogen (secondary N) is 2. The van der Waals surface area contributed by atoms with E-state index in [9.17, 15) is 14.4 Å². The van der Waals surface area contributed by atoms with Crippen LogP contribution in [0, 0.1) is 0 Å². The Morgan fingerprint density at radius 2 is 1.76 bits per heavy atom. The molecule has 0 unspecified atom stereocenters. The van der Waals surface area contributed by atoms with Crippen LogP contribution in [0.4, 0.5) is 10.5 Å². The summed E-state index contributed by atoms with van der Waals surface area (Å²) in [6, 6.07) is 8.49. The van der Waals surface area contributed by atoms with Crippen molar-refractivity contribution in [3.8, 4) is 0 Å². The van der Waals surface area contributed by atoms with Gasteiger partial charge in [0.05, 0.1) is 11.3 Å². The van der Waals surface area contributed by atoms with Crippen LogP contribution >= 0.6 is 11.8 Å². The summed E-state index contributed by atoms with van der Waals surface area (Å²) in [5.41, 5.74) is 0.611. The summed E-state index contributed by atoms with van der Waals surface area (Å²) in [6.45, 7) is 2.73.